The summed E-state index contributed by atoms with van der Waals surface area (Å²) in [4.78, 5) is 0. The molecule has 0 aliphatic heterocycles. The molecule has 0 aromatic heterocycles. The summed E-state index contributed by atoms with van der Waals surface area (Å²) < 4.78 is 12.2. The fraction of sp³-hybridized carbons (Fsp3) is 0.429. The fourth-order valence-corrected chi connectivity index (χ4v) is 0.701. The van der Waals surface area contributed by atoms with E-state index in [1.165, 1.54) is 5.57 Å². The van der Waals surface area contributed by atoms with Gasteiger partial charge in [0, 0.05) is 6.42 Å². The van der Waals surface area contributed by atoms with Crippen molar-refractivity contribution < 1.29 is 4.39 Å². The molecule has 0 amide bonds. The molecule has 1 aliphatic carbocycles. The van der Waals surface area contributed by atoms with Crippen LogP contribution < -0.4 is 0 Å². The molecule has 1 rings (SSSR count). The topological polar surface area (TPSA) is 0 Å². The minimum absolute atomic E-state index is 0.558. The number of hydrogen-bond acceptors (Lipinski definition) is 0. The average molecular weight is 112 g/mol. The van der Waals surface area contributed by atoms with E-state index in [2.05, 4.69) is 0 Å². The van der Waals surface area contributed by atoms with E-state index in [1.807, 2.05) is 19.1 Å². The van der Waals surface area contributed by atoms with E-state index in [4.69, 9.17) is 0 Å². The van der Waals surface area contributed by atoms with Gasteiger partial charge in [0.15, 0.2) is 0 Å². The number of hydrogen-bond donors (Lipinski definition) is 0. The Morgan fingerprint density at radius 3 is 2.88 bits per heavy atom. The van der Waals surface area contributed by atoms with Gasteiger partial charge in [0.1, 0.15) is 6.17 Å². The van der Waals surface area contributed by atoms with Crippen molar-refractivity contribution in [2.24, 2.45) is 0 Å². The van der Waals surface area contributed by atoms with Gasteiger partial charge in [0.25, 0.3) is 0 Å². The van der Waals surface area contributed by atoms with E-state index in [-0.39, 0.29) is 0 Å². The van der Waals surface area contributed by atoms with Crippen molar-refractivity contribution >= 4 is 0 Å². The SMILES string of the molecule is CC1=CC[C@@H](F)C=C1. The van der Waals surface area contributed by atoms with Gasteiger partial charge in [-0.1, -0.05) is 23.8 Å². The van der Waals surface area contributed by atoms with Crippen LogP contribution in [0.4, 0.5) is 4.39 Å². The lowest BCUT2D eigenvalue weighted by molar-refractivity contribution is 0.400. The van der Waals surface area contributed by atoms with Crippen LogP contribution in [0.3, 0.4) is 0 Å². The molecule has 0 heterocycles. The largest absolute Gasteiger partial charge is 0.243 e. The van der Waals surface area contributed by atoms with Gasteiger partial charge in [-0.05, 0) is 6.92 Å². The van der Waals surface area contributed by atoms with Crippen LogP contribution in [0.15, 0.2) is 23.8 Å². The highest BCUT2D eigenvalue weighted by Crippen LogP contribution is 2.11. The Kier molecular flexibility index (Phi) is 1.47. The number of rotatable bonds is 0. The summed E-state index contributed by atoms with van der Waals surface area (Å²) in [6.07, 6.45) is 5.13. The molecule has 0 bridgehead atoms. The average Bonchev–Trinajstić information content (AvgIpc) is 1.77. The smallest absolute Gasteiger partial charge is 0.122 e. The summed E-state index contributed by atoms with van der Waals surface area (Å²) in [5, 5.41) is 0. The molecule has 8 heavy (non-hydrogen) atoms. The maximum Gasteiger partial charge on any atom is 0.122 e. The Bertz CT molecular complexity index is 133. The Balaban J connectivity index is 2.58. The minimum Gasteiger partial charge on any atom is -0.243 e. The van der Waals surface area contributed by atoms with Crippen molar-refractivity contribution in [3.8, 4) is 0 Å². The monoisotopic (exact) mass is 112 g/mol. The molecule has 0 unspecified atom stereocenters. The zero-order valence-corrected chi connectivity index (χ0v) is 4.89. The number of alkyl halides is 1. The van der Waals surface area contributed by atoms with Crippen LogP contribution in [0, 0.1) is 0 Å². The van der Waals surface area contributed by atoms with Crippen LogP contribution >= 0.6 is 0 Å². The molecule has 0 aromatic carbocycles. The van der Waals surface area contributed by atoms with Gasteiger partial charge in [-0.25, -0.2) is 4.39 Å². The van der Waals surface area contributed by atoms with Crippen molar-refractivity contribution in [2.75, 3.05) is 0 Å². The van der Waals surface area contributed by atoms with Crippen LogP contribution in [-0.2, 0) is 0 Å². The van der Waals surface area contributed by atoms with Crippen LogP contribution in [0.5, 0.6) is 0 Å². The van der Waals surface area contributed by atoms with E-state index in [0.29, 0.717) is 6.42 Å². The van der Waals surface area contributed by atoms with Crippen LogP contribution in [0.2, 0.25) is 0 Å². The highest BCUT2D eigenvalue weighted by Gasteiger charge is 2.01. The standard InChI is InChI=1S/C7H9F/c1-6-2-4-7(8)5-3-6/h2-4,7H,5H2,1H3/t7-/m0/s1. The lowest BCUT2D eigenvalue weighted by Gasteiger charge is -2.03. The van der Waals surface area contributed by atoms with Crippen molar-refractivity contribution in [3.05, 3.63) is 23.8 Å². The lowest BCUT2D eigenvalue weighted by Crippen LogP contribution is -1.96. The quantitative estimate of drug-likeness (QED) is 0.450. The highest BCUT2D eigenvalue weighted by atomic mass is 19.1. The third-order valence-corrected chi connectivity index (χ3v) is 1.23. The summed E-state index contributed by atoms with van der Waals surface area (Å²) in [6, 6.07) is 0. The summed E-state index contributed by atoms with van der Waals surface area (Å²) in [5.74, 6) is 0. The molecule has 0 aromatic rings. The molecule has 1 atom stereocenters. The predicted molar refractivity (Wildman–Crippen MR) is 32.4 cm³/mol. The first-order valence-electron chi connectivity index (χ1n) is 2.78. The zero-order chi connectivity index (χ0) is 5.98. The molecule has 0 saturated heterocycles. The Morgan fingerprint density at radius 2 is 2.50 bits per heavy atom. The number of halogens is 1. The van der Waals surface area contributed by atoms with Gasteiger partial charge < -0.3 is 0 Å². The first-order valence-corrected chi connectivity index (χ1v) is 2.78. The van der Waals surface area contributed by atoms with Gasteiger partial charge in [-0.3, -0.25) is 0 Å². The molecule has 0 radical (unpaired) electrons. The van der Waals surface area contributed by atoms with E-state index < -0.39 is 6.17 Å². The predicted octanol–water partition coefficient (Wildman–Crippen LogP) is 2.23. The Hall–Kier alpha value is -0.590. The van der Waals surface area contributed by atoms with Gasteiger partial charge in [0.2, 0.25) is 0 Å². The zero-order valence-electron chi connectivity index (χ0n) is 4.89. The Morgan fingerprint density at radius 1 is 1.75 bits per heavy atom. The molecule has 1 heteroatoms. The molecular formula is C7H9F. The maximum atomic E-state index is 12.2. The molecule has 44 valence electrons. The van der Waals surface area contributed by atoms with Crippen molar-refractivity contribution in [1.82, 2.24) is 0 Å². The highest BCUT2D eigenvalue weighted by molar-refractivity contribution is 5.21. The van der Waals surface area contributed by atoms with E-state index >= 15 is 0 Å². The van der Waals surface area contributed by atoms with E-state index in [1.54, 1.807) is 6.08 Å². The van der Waals surface area contributed by atoms with Gasteiger partial charge in [-0.2, -0.15) is 0 Å². The third kappa shape index (κ3) is 1.19. The van der Waals surface area contributed by atoms with E-state index in [0.717, 1.165) is 0 Å². The summed E-state index contributed by atoms with van der Waals surface area (Å²) in [7, 11) is 0. The molecule has 0 saturated carbocycles. The van der Waals surface area contributed by atoms with Gasteiger partial charge >= 0.3 is 0 Å². The van der Waals surface area contributed by atoms with Crippen molar-refractivity contribution in [1.29, 1.82) is 0 Å². The summed E-state index contributed by atoms with van der Waals surface area (Å²) >= 11 is 0. The normalized spacial score (nSPS) is 27.8. The summed E-state index contributed by atoms with van der Waals surface area (Å²) in [5.41, 5.74) is 1.17. The van der Waals surface area contributed by atoms with Gasteiger partial charge in [-0.15, -0.1) is 0 Å². The second kappa shape index (κ2) is 2.12. The van der Waals surface area contributed by atoms with Crippen LogP contribution in [0.25, 0.3) is 0 Å². The first kappa shape index (κ1) is 5.54. The second-order valence-corrected chi connectivity index (χ2v) is 2.06. The van der Waals surface area contributed by atoms with Crippen molar-refractivity contribution in [3.63, 3.8) is 0 Å². The lowest BCUT2D eigenvalue weighted by atomic mass is 10.1. The first-order chi connectivity index (χ1) is 3.79. The second-order valence-electron chi connectivity index (χ2n) is 2.06. The molecule has 0 N–H and O–H groups in total. The summed E-state index contributed by atoms with van der Waals surface area (Å²) in [6.45, 7) is 1.97. The molecular weight excluding hydrogens is 103 g/mol. The molecule has 0 nitrogen and oxygen atoms in total. The van der Waals surface area contributed by atoms with Crippen molar-refractivity contribution in [2.45, 2.75) is 19.5 Å². The molecule has 0 spiro atoms. The van der Waals surface area contributed by atoms with Crippen LogP contribution in [-0.4, -0.2) is 6.17 Å². The molecule has 0 fully saturated rings. The minimum atomic E-state index is -0.737. The van der Waals surface area contributed by atoms with Gasteiger partial charge in [0.05, 0.1) is 0 Å². The van der Waals surface area contributed by atoms with Crippen LogP contribution in [0.1, 0.15) is 13.3 Å². The molecule has 1 aliphatic rings. The number of allylic oxidation sites excluding steroid dienone is 4. The Labute approximate surface area is 48.7 Å². The maximum absolute atomic E-state index is 12.2. The van der Waals surface area contributed by atoms with E-state index in [9.17, 15) is 4.39 Å². The third-order valence-electron chi connectivity index (χ3n) is 1.23. The fourth-order valence-electron chi connectivity index (χ4n) is 0.701.